The normalized spacial score (nSPS) is 11.3. The van der Waals surface area contributed by atoms with E-state index in [-0.39, 0.29) is 5.56 Å². The van der Waals surface area contributed by atoms with E-state index in [4.69, 9.17) is 0 Å². The summed E-state index contributed by atoms with van der Waals surface area (Å²) >= 11 is 0. The lowest BCUT2D eigenvalue weighted by atomic mass is 10.1. The lowest BCUT2D eigenvalue weighted by molar-refractivity contribution is 0.866. The van der Waals surface area contributed by atoms with E-state index in [1.807, 2.05) is 19.3 Å². The highest BCUT2D eigenvalue weighted by Crippen LogP contribution is 2.42. The Labute approximate surface area is 302 Å². The van der Waals surface area contributed by atoms with Crippen molar-refractivity contribution in [1.82, 2.24) is 9.13 Å². The van der Waals surface area contributed by atoms with Gasteiger partial charge < -0.3 is 18.9 Å². The molecule has 0 fully saturated rings. The summed E-state index contributed by atoms with van der Waals surface area (Å²) in [5.41, 5.74) is 10.6. The zero-order valence-electron chi connectivity index (χ0n) is 29.0. The molecule has 0 atom stereocenters. The molecule has 2 aromatic heterocycles. The molecule has 0 radical (unpaired) electrons. The number of benzene rings is 7. The molecule has 0 saturated carbocycles. The summed E-state index contributed by atoms with van der Waals surface area (Å²) in [5.74, 6) is 0. The summed E-state index contributed by atoms with van der Waals surface area (Å²) in [6, 6.07) is 61.7. The molecular formula is C47H36N4O. The van der Waals surface area contributed by atoms with Crippen LogP contribution >= 0.6 is 0 Å². The van der Waals surface area contributed by atoms with E-state index in [1.165, 1.54) is 0 Å². The van der Waals surface area contributed by atoms with Gasteiger partial charge in [-0.3, -0.25) is 4.79 Å². The van der Waals surface area contributed by atoms with Crippen LogP contribution in [0.1, 0.15) is 5.56 Å². The van der Waals surface area contributed by atoms with Crippen molar-refractivity contribution in [1.29, 1.82) is 0 Å². The highest BCUT2D eigenvalue weighted by atomic mass is 16.1. The Bertz CT molecular complexity index is 2550. The first-order valence-electron chi connectivity index (χ1n) is 17.5. The molecule has 0 saturated heterocycles. The van der Waals surface area contributed by atoms with Gasteiger partial charge in [-0.1, -0.05) is 78.9 Å². The van der Waals surface area contributed by atoms with Crippen molar-refractivity contribution >= 4 is 66.7 Å². The quantitative estimate of drug-likeness (QED) is 0.169. The average molecular weight is 673 g/mol. The van der Waals surface area contributed by atoms with Gasteiger partial charge in [0.2, 0.25) is 0 Å². The van der Waals surface area contributed by atoms with Gasteiger partial charge in [0.25, 0.3) is 5.56 Å². The van der Waals surface area contributed by atoms with E-state index in [2.05, 4.69) is 191 Å². The molecule has 0 N–H and O–H groups in total. The number of pyridine rings is 1. The molecular weight excluding hydrogens is 637 g/mol. The fourth-order valence-electron chi connectivity index (χ4n) is 7.56. The lowest BCUT2D eigenvalue weighted by Crippen LogP contribution is -2.17. The predicted octanol–water partition coefficient (Wildman–Crippen LogP) is 11.9. The minimum Gasteiger partial charge on any atom is -0.318 e. The number of aromatic nitrogens is 2. The fourth-order valence-corrected chi connectivity index (χ4v) is 7.56. The molecule has 9 aromatic rings. The number of para-hydroxylation sites is 4. The van der Waals surface area contributed by atoms with E-state index in [0.29, 0.717) is 5.39 Å². The van der Waals surface area contributed by atoms with Crippen LogP contribution in [0.5, 0.6) is 0 Å². The van der Waals surface area contributed by atoms with E-state index >= 15 is 0 Å². The molecule has 2 heterocycles. The minimum atomic E-state index is -0.00415. The molecule has 5 heteroatoms. The van der Waals surface area contributed by atoms with E-state index in [0.717, 1.165) is 72.6 Å². The molecule has 0 amide bonds. The topological polar surface area (TPSA) is 33.4 Å². The van der Waals surface area contributed by atoms with Crippen molar-refractivity contribution in [3.8, 4) is 5.69 Å². The van der Waals surface area contributed by atoms with Crippen LogP contribution in [0, 0.1) is 6.92 Å². The molecule has 250 valence electrons. The number of aryl methyl sites for hydroxylation is 2. The van der Waals surface area contributed by atoms with Crippen LogP contribution in [0.4, 0.5) is 34.1 Å². The number of hydrogen-bond donors (Lipinski definition) is 0. The lowest BCUT2D eigenvalue weighted by Gasteiger charge is -2.26. The maximum absolute atomic E-state index is 13.5. The Morgan fingerprint density at radius 2 is 0.846 bits per heavy atom. The second kappa shape index (κ2) is 12.8. The molecule has 0 aliphatic carbocycles. The van der Waals surface area contributed by atoms with Gasteiger partial charge >= 0.3 is 0 Å². The highest BCUT2D eigenvalue weighted by molar-refractivity contribution is 6.12. The Balaban J connectivity index is 1.33. The largest absolute Gasteiger partial charge is 0.318 e. The second-order valence-corrected chi connectivity index (χ2v) is 13.2. The van der Waals surface area contributed by atoms with Crippen LogP contribution in [-0.2, 0) is 7.05 Å². The van der Waals surface area contributed by atoms with Crippen molar-refractivity contribution < 1.29 is 0 Å². The first kappa shape index (κ1) is 31.2. The zero-order chi connectivity index (χ0) is 35.2. The van der Waals surface area contributed by atoms with E-state index in [9.17, 15) is 4.79 Å². The number of hydrogen-bond acceptors (Lipinski definition) is 3. The Morgan fingerprint density at radius 1 is 0.423 bits per heavy atom. The maximum Gasteiger partial charge on any atom is 0.258 e. The summed E-state index contributed by atoms with van der Waals surface area (Å²) in [6.45, 7) is 2.06. The first-order chi connectivity index (χ1) is 25.5. The molecule has 52 heavy (non-hydrogen) atoms. The maximum atomic E-state index is 13.5. The Morgan fingerprint density at radius 3 is 1.27 bits per heavy atom. The molecule has 5 nitrogen and oxygen atoms in total. The smallest absolute Gasteiger partial charge is 0.258 e. The van der Waals surface area contributed by atoms with Gasteiger partial charge in [-0.15, -0.1) is 0 Å². The number of anilines is 6. The van der Waals surface area contributed by atoms with Gasteiger partial charge in [-0.2, -0.15) is 0 Å². The molecule has 0 aliphatic heterocycles. The SMILES string of the molecule is Cc1cn(C)c(=O)c2cc(-n3c4ccc(N(c5ccccc5)c5ccccc5)cc4c4cc(N(c5ccccc5)c5ccccc5)ccc43)ccc12. The summed E-state index contributed by atoms with van der Waals surface area (Å²) in [7, 11) is 1.82. The summed E-state index contributed by atoms with van der Waals surface area (Å²) in [5, 5.41) is 3.91. The van der Waals surface area contributed by atoms with Crippen molar-refractivity contribution in [3.05, 3.63) is 198 Å². The fraction of sp³-hybridized carbons (Fsp3) is 0.0426. The molecule has 9 rings (SSSR count). The van der Waals surface area contributed by atoms with Crippen LogP contribution in [0.15, 0.2) is 187 Å². The number of fused-ring (bicyclic) bond motifs is 4. The van der Waals surface area contributed by atoms with Crippen molar-refractivity contribution in [2.75, 3.05) is 9.80 Å². The summed E-state index contributed by atoms with van der Waals surface area (Å²) in [4.78, 5) is 18.1. The van der Waals surface area contributed by atoms with Crippen LogP contribution < -0.4 is 15.4 Å². The zero-order valence-corrected chi connectivity index (χ0v) is 29.0. The van der Waals surface area contributed by atoms with Gasteiger partial charge in [0, 0.05) is 69.2 Å². The van der Waals surface area contributed by atoms with Gasteiger partial charge in [0.15, 0.2) is 0 Å². The molecule has 0 spiro atoms. The van der Waals surface area contributed by atoms with Crippen LogP contribution in [-0.4, -0.2) is 9.13 Å². The van der Waals surface area contributed by atoms with Crippen molar-refractivity contribution in [2.24, 2.45) is 7.05 Å². The van der Waals surface area contributed by atoms with Gasteiger partial charge in [-0.25, -0.2) is 0 Å². The van der Waals surface area contributed by atoms with Gasteiger partial charge in [0.1, 0.15) is 0 Å². The van der Waals surface area contributed by atoms with Crippen LogP contribution in [0.25, 0.3) is 38.3 Å². The second-order valence-electron chi connectivity index (χ2n) is 13.2. The monoisotopic (exact) mass is 672 g/mol. The van der Waals surface area contributed by atoms with Crippen molar-refractivity contribution in [2.45, 2.75) is 6.92 Å². The number of nitrogens with zero attached hydrogens (tertiary/aromatic N) is 4. The van der Waals surface area contributed by atoms with Crippen LogP contribution in [0.2, 0.25) is 0 Å². The molecule has 0 unspecified atom stereocenters. The Hall–Kier alpha value is -6.85. The van der Waals surface area contributed by atoms with Gasteiger partial charge in [0.05, 0.1) is 11.0 Å². The Kier molecular flexibility index (Phi) is 7.67. The minimum absolute atomic E-state index is 0.00415. The molecule has 7 aromatic carbocycles. The molecule has 0 aliphatic rings. The number of rotatable bonds is 7. The summed E-state index contributed by atoms with van der Waals surface area (Å²) < 4.78 is 3.97. The third-order valence-corrected chi connectivity index (χ3v) is 9.93. The van der Waals surface area contributed by atoms with Crippen molar-refractivity contribution in [3.63, 3.8) is 0 Å². The highest BCUT2D eigenvalue weighted by Gasteiger charge is 2.20. The third-order valence-electron chi connectivity index (χ3n) is 9.93. The first-order valence-corrected chi connectivity index (χ1v) is 17.5. The van der Waals surface area contributed by atoms with E-state index in [1.54, 1.807) is 4.57 Å². The third kappa shape index (κ3) is 5.31. The standard InChI is InChI=1S/C47H36N4O/c1-33-32-48(2)47(52)44-31-40(23-26-41(33)44)51-45-27-24-38(49(34-15-7-3-8-16-34)35-17-9-4-10-18-35)29-42(45)43-30-39(25-28-46(43)51)50(36-19-11-5-12-20-36)37-21-13-6-14-22-37/h3-32H,1-2H3. The van der Waals surface area contributed by atoms with E-state index < -0.39 is 0 Å². The summed E-state index contributed by atoms with van der Waals surface area (Å²) in [6.07, 6.45) is 1.91. The predicted molar refractivity (Wildman–Crippen MR) is 218 cm³/mol. The average Bonchev–Trinajstić information content (AvgIpc) is 3.52. The van der Waals surface area contributed by atoms with Crippen LogP contribution in [0.3, 0.4) is 0 Å². The van der Waals surface area contributed by atoms with Gasteiger partial charge in [-0.05, 0) is 115 Å². The molecule has 0 bridgehead atoms.